The maximum absolute atomic E-state index is 13.1. The molecule has 8 nitrogen and oxygen atoms in total. The van der Waals surface area contributed by atoms with E-state index in [0.717, 1.165) is 5.56 Å². The lowest BCUT2D eigenvalue weighted by Crippen LogP contribution is -2.50. The molecule has 4 rings (SSSR count). The summed E-state index contributed by atoms with van der Waals surface area (Å²) in [6.07, 6.45) is 3.41. The van der Waals surface area contributed by atoms with E-state index in [1.807, 2.05) is 19.1 Å². The average molecular weight is 482 g/mol. The first kappa shape index (κ1) is 23.7. The number of rotatable bonds is 8. The third-order valence-electron chi connectivity index (χ3n) is 5.54. The van der Waals surface area contributed by atoms with Crippen LogP contribution in [0.5, 0.6) is 11.5 Å². The third kappa shape index (κ3) is 5.37. The molecule has 0 saturated carbocycles. The molecule has 2 heterocycles. The summed E-state index contributed by atoms with van der Waals surface area (Å²) < 4.78 is 38.7. The molecule has 0 radical (unpaired) electrons. The zero-order valence-electron chi connectivity index (χ0n) is 19.0. The average Bonchev–Trinajstić information content (AvgIpc) is 2.89. The van der Waals surface area contributed by atoms with Gasteiger partial charge in [-0.3, -0.25) is 9.78 Å². The number of amides is 1. The van der Waals surface area contributed by atoms with Gasteiger partial charge in [0.15, 0.2) is 11.5 Å². The third-order valence-corrected chi connectivity index (χ3v) is 7.45. The maximum Gasteiger partial charge on any atom is 0.254 e. The van der Waals surface area contributed by atoms with E-state index in [1.54, 1.807) is 65.8 Å². The van der Waals surface area contributed by atoms with Gasteiger partial charge < -0.3 is 14.4 Å². The Hall–Kier alpha value is -3.43. The van der Waals surface area contributed by atoms with E-state index in [4.69, 9.17) is 9.47 Å². The lowest BCUT2D eigenvalue weighted by atomic mass is 10.1. The fourth-order valence-electron chi connectivity index (χ4n) is 3.72. The minimum atomic E-state index is -3.57. The van der Waals surface area contributed by atoms with Gasteiger partial charge in [-0.05, 0) is 55.0 Å². The first-order valence-electron chi connectivity index (χ1n) is 11.1. The number of carbonyl (C=O) groups excluding carboxylic acids is 1. The number of benzene rings is 2. The van der Waals surface area contributed by atoms with Crippen molar-refractivity contribution in [2.45, 2.75) is 18.4 Å². The summed E-state index contributed by atoms with van der Waals surface area (Å²) in [5, 5.41) is 0. The van der Waals surface area contributed by atoms with Crippen molar-refractivity contribution in [3.05, 3.63) is 84.2 Å². The van der Waals surface area contributed by atoms with Crippen LogP contribution in [-0.4, -0.2) is 61.3 Å². The molecular weight excluding hydrogens is 454 g/mol. The maximum atomic E-state index is 13.1. The number of hydrogen-bond acceptors (Lipinski definition) is 6. The summed E-state index contributed by atoms with van der Waals surface area (Å²) in [6, 6.07) is 17.2. The quantitative estimate of drug-likeness (QED) is 0.491. The fourth-order valence-corrected chi connectivity index (χ4v) is 5.17. The number of pyridine rings is 1. The molecule has 0 aliphatic carbocycles. The van der Waals surface area contributed by atoms with Crippen LogP contribution in [0, 0.1) is 0 Å². The van der Waals surface area contributed by atoms with Crippen LogP contribution in [0.4, 0.5) is 0 Å². The van der Waals surface area contributed by atoms with Gasteiger partial charge >= 0.3 is 0 Å². The second-order valence-corrected chi connectivity index (χ2v) is 9.69. The Bertz CT molecular complexity index is 1210. The Morgan fingerprint density at radius 3 is 2.29 bits per heavy atom. The van der Waals surface area contributed by atoms with Crippen molar-refractivity contribution in [3.63, 3.8) is 0 Å². The second-order valence-electron chi connectivity index (χ2n) is 7.75. The van der Waals surface area contributed by atoms with Crippen LogP contribution in [-0.2, 0) is 16.6 Å². The predicted molar refractivity (Wildman–Crippen MR) is 127 cm³/mol. The highest BCUT2D eigenvalue weighted by molar-refractivity contribution is 7.89. The lowest BCUT2D eigenvalue weighted by molar-refractivity contribution is 0.0697. The molecule has 1 saturated heterocycles. The summed E-state index contributed by atoms with van der Waals surface area (Å²) in [7, 11) is -3.57. The topological polar surface area (TPSA) is 89.0 Å². The van der Waals surface area contributed by atoms with Gasteiger partial charge in [0.05, 0.1) is 11.5 Å². The summed E-state index contributed by atoms with van der Waals surface area (Å²) >= 11 is 0. The van der Waals surface area contributed by atoms with Crippen LogP contribution >= 0.6 is 0 Å². The monoisotopic (exact) mass is 481 g/mol. The number of sulfonamides is 1. The van der Waals surface area contributed by atoms with Crippen LogP contribution < -0.4 is 9.47 Å². The molecule has 0 unspecified atom stereocenters. The van der Waals surface area contributed by atoms with Gasteiger partial charge in [0, 0.05) is 44.1 Å². The van der Waals surface area contributed by atoms with Crippen molar-refractivity contribution in [1.82, 2.24) is 14.2 Å². The standard InChI is InChI=1S/C25H27N3O5S/c1-2-32-24-18-21(8-9-23(24)33-19-20-10-12-26-13-11-20)25(29)27-14-16-28(17-15-27)34(30,31)22-6-4-3-5-7-22/h3-13,18H,2,14-17,19H2,1H3. The van der Waals surface area contributed by atoms with Gasteiger partial charge in [0.25, 0.3) is 5.91 Å². The van der Waals surface area contributed by atoms with Crippen molar-refractivity contribution < 1.29 is 22.7 Å². The van der Waals surface area contributed by atoms with Gasteiger partial charge in [0.1, 0.15) is 6.61 Å². The summed E-state index contributed by atoms with van der Waals surface area (Å²) in [6.45, 7) is 3.77. The Kier molecular flexibility index (Phi) is 7.44. The SMILES string of the molecule is CCOc1cc(C(=O)N2CCN(S(=O)(=O)c3ccccc3)CC2)ccc1OCc1ccncc1. The number of hydrogen-bond donors (Lipinski definition) is 0. The molecule has 1 aliphatic rings. The molecule has 0 N–H and O–H groups in total. The molecule has 3 aromatic rings. The Morgan fingerprint density at radius 1 is 0.912 bits per heavy atom. The molecule has 1 fully saturated rings. The molecule has 0 atom stereocenters. The van der Waals surface area contributed by atoms with E-state index in [2.05, 4.69) is 4.98 Å². The van der Waals surface area contributed by atoms with E-state index in [1.165, 1.54) is 4.31 Å². The zero-order valence-corrected chi connectivity index (χ0v) is 19.8. The van der Waals surface area contributed by atoms with E-state index < -0.39 is 10.0 Å². The molecule has 1 aliphatic heterocycles. The van der Waals surface area contributed by atoms with Gasteiger partial charge in [-0.2, -0.15) is 4.31 Å². The number of aromatic nitrogens is 1. The van der Waals surface area contributed by atoms with Crippen molar-refractivity contribution in [2.75, 3.05) is 32.8 Å². The number of ether oxygens (including phenoxy) is 2. The number of carbonyl (C=O) groups is 1. The normalized spacial score (nSPS) is 14.6. The lowest BCUT2D eigenvalue weighted by Gasteiger charge is -2.34. The molecule has 0 spiro atoms. The predicted octanol–water partition coefficient (Wildman–Crippen LogP) is 3.21. The Labute approximate surface area is 199 Å². The van der Waals surface area contributed by atoms with Crippen molar-refractivity contribution in [2.24, 2.45) is 0 Å². The van der Waals surface area contributed by atoms with Crippen molar-refractivity contribution >= 4 is 15.9 Å². The van der Waals surface area contributed by atoms with E-state index in [-0.39, 0.29) is 23.9 Å². The number of piperazine rings is 1. The molecule has 0 bridgehead atoms. The van der Waals surface area contributed by atoms with E-state index >= 15 is 0 Å². The fraction of sp³-hybridized carbons (Fsp3) is 0.280. The van der Waals surface area contributed by atoms with Gasteiger partial charge in [-0.15, -0.1) is 0 Å². The zero-order chi connectivity index (χ0) is 24.0. The van der Waals surface area contributed by atoms with Crippen LogP contribution in [0.15, 0.2) is 78.0 Å². The van der Waals surface area contributed by atoms with Crippen molar-refractivity contribution in [1.29, 1.82) is 0 Å². The summed E-state index contributed by atoms with van der Waals surface area (Å²) in [5.74, 6) is 0.875. The molecular formula is C25H27N3O5S. The second kappa shape index (κ2) is 10.7. The van der Waals surface area contributed by atoms with Gasteiger partial charge in [-0.25, -0.2) is 8.42 Å². The smallest absolute Gasteiger partial charge is 0.254 e. The largest absolute Gasteiger partial charge is 0.490 e. The van der Waals surface area contributed by atoms with E-state index in [0.29, 0.717) is 43.4 Å². The van der Waals surface area contributed by atoms with Crippen LogP contribution in [0.2, 0.25) is 0 Å². The highest BCUT2D eigenvalue weighted by Crippen LogP contribution is 2.30. The Morgan fingerprint density at radius 2 is 1.62 bits per heavy atom. The first-order chi connectivity index (χ1) is 16.5. The van der Waals surface area contributed by atoms with Crippen molar-refractivity contribution in [3.8, 4) is 11.5 Å². The molecule has 1 amide bonds. The Balaban J connectivity index is 1.42. The molecule has 1 aromatic heterocycles. The first-order valence-corrected chi connectivity index (χ1v) is 12.6. The summed E-state index contributed by atoms with van der Waals surface area (Å²) in [5.41, 5.74) is 1.44. The van der Waals surface area contributed by atoms with E-state index in [9.17, 15) is 13.2 Å². The molecule has 34 heavy (non-hydrogen) atoms. The minimum Gasteiger partial charge on any atom is -0.490 e. The van der Waals surface area contributed by atoms with Gasteiger partial charge in [-0.1, -0.05) is 18.2 Å². The highest BCUT2D eigenvalue weighted by atomic mass is 32.2. The summed E-state index contributed by atoms with van der Waals surface area (Å²) in [4.78, 5) is 19.1. The molecule has 9 heteroatoms. The minimum absolute atomic E-state index is 0.168. The number of nitrogens with zero attached hydrogens (tertiary/aromatic N) is 3. The van der Waals surface area contributed by atoms with Crippen LogP contribution in [0.25, 0.3) is 0 Å². The molecule has 2 aromatic carbocycles. The highest BCUT2D eigenvalue weighted by Gasteiger charge is 2.30. The van der Waals surface area contributed by atoms with Gasteiger partial charge in [0.2, 0.25) is 10.0 Å². The molecule has 178 valence electrons. The van der Waals surface area contributed by atoms with Crippen LogP contribution in [0.3, 0.4) is 0 Å². The van der Waals surface area contributed by atoms with Crippen LogP contribution in [0.1, 0.15) is 22.8 Å².